The number of hydrogen-bond acceptors (Lipinski definition) is 11. The predicted molar refractivity (Wildman–Crippen MR) is 542 cm³/mol. The fourth-order valence-corrected chi connectivity index (χ4v) is 15.8. The zero-order chi connectivity index (χ0) is 90.1. The Morgan fingerprint density at radius 1 is 0.440 bits per heavy atom. The van der Waals surface area contributed by atoms with Crippen molar-refractivity contribution in [1.29, 1.82) is 0 Å². The number of aliphatic hydroxyl groups excluding tert-OH is 3. The van der Waals surface area contributed by atoms with Crippen molar-refractivity contribution in [1.82, 2.24) is 29.9 Å². The summed E-state index contributed by atoms with van der Waals surface area (Å²) in [6.07, 6.45) is 7.68. The van der Waals surface area contributed by atoms with Gasteiger partial charge >= 0.3 is 0 Å². The molecule has 21 rings (SSSR count). The van der Waals surface area contributed by atoms with Crippen LogP contribution in [-0.2, 0) is 87.8 Å². The molecule has 19 aromatic rings. The molecule has 7 heterocycles. The normalized spacial score (nSPS) is 11.2. The molecule has 0 unspecified atom stereocenters. The standard InChI is InChI=1S/C29H19N2.2C17H14N.C16H10N3.C16H12N.C9H16O2.2C5H8O2.3CH4.3Ir/c1-19-18-30-28-24-14-12-22(20-8-4-2-5-9-20)16-26(24)27-17-23(21-10-6-3-7-11-21)13-15-25(27)29(28)31-19;1-12-10-13-6-3-5-9-16(13)18-11-14-7-2-4-8-15(14)17(12)18;1-12-9-13(2)11-15(10-12)17-8-7-14-5-3-4-6-16(14)18-17;1-2-8-13-12(6-1)7-5-11-16(13)19-17-14-9-3-4-10-15(14)18-19;1-3-7-14-12(5-1)9-10-17-11-13-6-2-4-8-15(13)16(14)17;1-6(2)8(10)5-9(11)7(3)4;2*1-4(6)3-5(2)7;;;;;;/h2-13,15-18H,1H3;2-10H,11H2,1H3;3-10H,1-2H3;1-10H;1-10H,11H2;5-7,10H,1-4H3;2*3,6H,1-2H3;3*1H4;;;/q-1;+1;2*-1;+1;;;;;;;;;. The number of pyridine rings is 3. The van der Waals surface area contributed by atoms with Gasteiger partial charge in [-0.15, -0.1) is 75.3 Å². The number of aromatic nitrogens is 8. The quantitative estimate of drug-likeness (QED) is 0.0410. The van der Waals surface area contributed by atoms with E-state index in [2.05, 4.69) is 295 Å². The topological polar surface area (TPSA) is 189 Å². The van der Waals surface area contributed by atoms with Gasteiger partial charge in [-0.05, 0) is 129 Å². The third-order valence-corrected chi connectivity index (χ3v) is 21.7. The van der Waals surface area contributed by atoms with Gasteiger partial charge in [-0.2, -0.15) is 42.3 Å². The Bertz CT molecular complexity index is 7340. The van der Waals surface area contributed by atoms with Gasteiger partial charge in [0.05, 0.1) is 50.5 Å². The number of carbonyl (C=O) groups excluding carboxylic acids is 3. The first kappa shape index (κ1) is 106. The van der Waals surface area contributed by atoms with Crippen molar-refractivity contribution in [2.24, 2.45) is 11.8 Å². The van der Waals surface area contributed by atoms with E-state index >= 15 is 0 Å². The number of allylic oxidation sites excluding steroid dienone is 6. The minimum Gasteiger partial charge on any atom is -0.512 e. The van der Waals surface area contributed by atoms with Crippen LogP contribution in [0.5, 0.6) is 0 Å². The molecule has 3 radical (unpaired) electrons. The largest absolute Gasteiger partial charge is 0.512 e. The first-order valence-electron chi connectivity index (χ1n) is 42.8. The van der Waals surface area contributed by atoms with Crippen molar-refractivity contribution in [2.75, 3.05) is 0 Å². The van der Waals surface area contributed by atoms with E-state index in [-0.39, 0.29) is 129 Å². The van der Waals surface area contributed by atoms with E-state index in [1.54, 1.807) is 4.80 Å². The number of aliphatic hydroxyl groups is 3. The van der Waals surface area contributed by atoms with Gasteiger partial charge in [-0.1, -0.05) is 292 Å². The molecule has 14 nitrogen and oxygen atoms in total. The molecule has 0 bridgehead atoms. The third kappa shape index (κ3) is 26.0. The summed E-state index contributed by atoms with van der Waals surface area (Å²) < 4.78 is 4.78. The molecule has 0 fully saturated rings. The molecule has 17 heteroatoms. The zero-order valence-corrected chi connectivity index (χ0v) is 82.2. The average molecular weight is 2300 g/mol. The molecule has 134 heavy (non-hydrogen) atoms. The van der Waals surface area contributed by atoms with Crippen molar-refractivity contribution >= 4 is 104 Å². The molecular formula is C117H113Ir3N8O6-. The second-order valence-electron chi connectivity index (χ2n) is 32.5. The number of hydrogen-bond donors (Lipinski definition) is 3. The van der Waals surface area contributed by atoms with Crippen LogP contribution in [0.15, 0.2) is 357 Å². The molecule has 5 aromatic heterocycles. The van der Waals surface area contributed by atoms with Gasteiger partial charge in [0.25, 0.3) is 0 Å². The minimum atomic E-state index is -0.125. The molecule has 0 spiro atoms. The summed E-state index contributed by atoms with van der Waals surface area (Å²) in [6, 6.07) is 118. The summed E-state index contributed by atoms with van der Waals surface area (Å²) in [6.45, 7) is 23.4. The zero-order valence-electron chi connectivity index (χ0n) is 75.0. The maximum Gasteiger partial charge on any atom is 0.221 e. The number of benzene rings is 14. The second kappa shape index (κ2) is 49.2. The van der Waals surface area contributed by atoms with Crippen molar-refractivity contribution in [2.45, 2.75) is 118 Å². The maximum absolute atomic E-state index is 11.0. The monoisotopic (exact) mass is 2300 g/mol. The van der Waals surface area contributed by atoms with Gasteiger partial charge in [0.2, 0.25) is 16.9 Å². The molecule has 3 N–H and O–H groups in total. The average Bonchev–Trinajstić information content (AvgIpc) is 1.63. The molecular weight excluding hydrogens is 2190 g/mol. The number of carbonyl (C=O) groups is 3. The van der Waals surface area contributed by atoms with E-state index in [0.29, 0.717) is 0 Å². The Balaban J connectivity index is 0.000000194. The number of aryl methyl sites for hydroxylation is 4. The summed E-state index contributed by atoms with van der Waals surface area (Å²) in [7, 11) is 0. The third-order valence-electron chi connectivity index (χ3n) is 21.7. The molecule has 0 aliphatic carbocycles. The molecule has 0 saturated carbocycles. The van der Waals surface area contributed by atoms with E-state index < -0.39 is 0 Å². The molecule has 2 aliphatic rings. The first-order chi connectivity index (χ1) is 61.9. The van der Waals surface area contributed by atoms with Gasteiger partial charge < -0.3 is 20.3 Å². The number of fused-ring (bicyclic) bond motifs is 19. The number of ketones is 3. The Morgan fingerprint density at radius 2 is 0.970 bits per heavy atom. The molecule has 0 saturated heterocycles. The number of nitrogens with zero attached hydrogens (tertiary/aromatic N) is 8. The van der Waals surface area contributed by atoms with Crippen molar-refractivity contribution in [3.63, 3.8) is 0 Å². The molecule has 0 atom stereocenters. The SMILES string of the molecule is C.C.C.CC(=O)C=C(C)O.CC(=O)C=C(C)O.CC(C)C(=O)C=C(O)C(C)C.Cc1[c-]c(-c2ccc3ccccc3n2)cc(C)c1.Cc1cc2ccccc2[n+]2c1-c1ccccc1C2.Cc1cnc2c3[c-]cc(-c4ccccc4)cc3c3cc(-c4ccccc4)ccc3c2n1.[Ir].[Ir].[Ir].[c-]1ccc2ccccc2c1-n1nc2ccccc2n1.c1ccc2c(c1)C[n+]1ccc3ccccc3c1-2. The Morgan fingerprint density at radius 3 is 1.57 bits per heavy atom. The summed E-state index contributed by atoms with van der Waals surface area (Å²) in [5, 5.41) is 46.8. The van der Waals surface area contributed by atoms with Crippen LogP contribution < -0.4 is 9.13 Å². The van der Waals surface area contributed by atoms with Gasteiger partial charge in [-0.25, -0.2) is 0 Å². The molecule has 0 amide bonds. The first-order valence-corrected chi connectivity index (χ1v) is 42.8. The van der Waals surface area contributed by atoms with Gasteiger partial charge in [-0.3, -0.25) is 24.4 Å². The van der Waals surface area contributed by atoms with Gasteiger partial charge in [0, 0.05) is 136 Å². The van der Waals surface area contributed by atoms with Crippen LogP contribution in [0.25, 0.3) is 149 Å². The predicted octanol–water partition coefficient (Wildman–Crippen LogP) is 28.0. The molecule has 14 aromatic carbocycles. The van der Waals surface area contributed by atoms with Crippen LogP contribution >= 0.6 is 0 Å². The Hall–Kier alpha value is -13.6. The van der Waals surface area contributed by atoms with E-state index in [1.807, 2.05) is 120 Å². The molecule has 2 aliphatic heterocycles. The van der Waals surface area contributed by atoms with Crippen molar-refractivity contribution in [3.05, 3.63) is 409 Å². The van der Waals surface area contributed by atoms with Crippen LogP contribution in [-0.4, -0.2) is 62.6 Å². The van der Waals surface area contributed by atoms with Crippen molar-refractivity contribution < 1.29 is 99.2 Å². The second-order valence-corrected chi connectivity index (χ2v) is 32.5. The van der Waals surface area contributed by atoms with E-state index in [0.717, 1.165) is 101 Å². The van der Waals surface area contributed by atoms with Crippen molar-refractivity contribution in [3.8, 4) is 61.7 Å². The van der Waals surface area contributed by atoms with E-state index in [9.17, 15) is 19.5 Å². The van der Waals surface area contributed by atoms with Gasteiger partial charge in [0.15, 0.2) is 36.6 Å². The maximum atomic E-state index is 11.0. The number of para-hydroxylation sites is 2. The fourth-order valence-electron chi connectivity index (χ4n) is 15.8. The summed E-state index contributed by atoms with van der Waals surface area (Å²) >= 11 is 0. The summed E-state index contributed by atoms with van der Waals surface area (Å²) in [5.74, 6) is 0.0356. The van der Waals surface area contributed by atoms with Gasteiger partial charge in [0.1, 0.15) is 11.0 Å². The Labute approximate surface area is 827 Å². The number of rotatable bonds is 9. The van der Waals surface area contributed by atoms with E-state index in [4.69, 9.17) is 25.2 Å². The summed E-state index contributed by atoms with van der Waals surface area (Å²) in [4.78, 5) is 47.0. The van der Waals surface area contributed by atoms with Crippen LogP contribution in [0, 0.1) is 57.7 Å². The van der Waals surface area contributed by atoms with Crippen LogP contribution in [0.2, 0.25) is 0 Å². The van der Waals surface area contributed by atoms with E-state index in [1.165, 1.54) is 140 Å². The minimum absolute atomic E-state index is 0. The molecule has 685 valence electrons. The van der Waals surface area contributed by atoms with Crippen LogP contribution in [0.3, 0.4) is 0 Å². The Kier molecular flexibility index (Phi) is 38.9. The van der Waals surface area contributed by atoms with Crippen LogP contribution in [0.4, 0.5) is 0 Å². The summed E-state index contributed by atoms with van der Waals surface area (Å²) in [5.41, 5.74) is 26.7. The smallest absolute Gasteiger partial charge is 0.221 e. The van der Waals surface area contributed by atoms with Crippen LogP contribution in [0.1, 0.15) is 111 Å². The fraction of sp³-hybridized carbons (Fsp3) is 0.162.